The molecule has 1 atom stereocenters. The molecule has 0 spiro atoms. The van der Waals surface area contributed by atoms with Gasteiger partial charge in [-0.05, 0) is 46.7 Å². The third kappa shape index (κ3) is 2.32. The molecule has 0 amide bonds. The maximum Gasteiger partial charge on any atom is 0.0340 e. The van der Waals surface area contributed by atoms with Crippen LogP contribution in [0, 0.1) is 0 Å². The normalized spacial score (nSPS) is 19.4. The first kappa shape index (κ1) is 12.8. The second kappa shape index (κ2) is 5.36. The van der Waals surface area contributed by atoms with E-state index in [0.717, 1.165) is 6.42 Å². The Labute approximate surface area is 114 Å². The summed E-state index contributed by atoms with van der Waals surface area (Å²) in [6.45, 7) is 2.29. The third-order valence-corrected chi connectivity index (χ3v) is 3.39. The molecule has 0 saturated heterocycles. The number of fused-ring (bicyclic) bond motifs is 1. The van der Waals surface area contributed by atoms with Gasteiger partial charge >= 0.3 is 0 Å². The highest BCUT2D eigenvalue weighted by molar-refractivity contribution is 5.86. The molecule has 1 unspecified atom stereocenters. The fraction of sp³-hybridized carbons (Fsp3) is 0.188. The highest BCUT2D eigenvalue weighted by Crippen LogP contribution is 2.41. The third-order valence-electron chi connectivity index (χ3n) is 3.39. The molecule has 0 saturated carbocycles. The number of rotatable bonds is 1. The predicted octanol–water partition coefficient (Wildman–Crippen LogP) is 4.55. The minimum Gasteiger partial charge on any atom is -0.264 e. The van der Waals surface area contributed by atoms with Gasteiger partial charge in [-0.25, -0.2) is 0 Å². The van der Waals surface area contributed by atoms with Gasteiger partial charge in [0.25, 0.3) is 0 Å². The van der Waals surface area contributed by atoms with Crippen molar-refractivity contribution in [3.05, 3.63) is 65.5 Å². The Morgan fingerprint density at radius 1 is 1.17 bits per heavy atom. The number of hydrogen-bond donors (Lipinski definition) is 0. The summed E-state index contributed by atoms with van der Waals surface area (Å²) in [6, 6.07) is 12.8. The molecular formula is C16H16ClN. The van der Waals surface area contributed by atoms with E-state index in [4.69, 9.17) is 0 Å². The second-order valence-electron chi connectivity index (χ2n) is 4.65. The van der Waals surface area contributed by atoms with Crippen molar-refractivity contribution in [3.63, 3.8) is 0 Å². The zero-order chi connectivity index (χ0) is 11.7. The SMILES string of the molecule is CC1C/C(=C\c2cccnc2)c2ccccc21.Cl. The molecule has 1 heterocycles. The average molecular weight is 258 g/mol. The van der Waals surface area contributed by atoms with Gasteiger partial charge in [-0.1, -0.05) is 37.3 Å². The number of hydrogen-bond acceptors (Lipinski definition) is 1. The van der Waals surface area contributed by atoms with Crippen molar-refractivity contribution < 1.29 is 0 Å². The van der Waals surface area contributed by atoms with Crippen molar-refractivity contribution in [2.24, 2.45) is 0 Å². The van der Waals surface area contributed by atoms with Crippen LogP contribution in [0.5, 0.6) is 0 Å². The van der Waals surface area contributed by atoms with E-state index in [1.54, 1.807) is 0 Å². The van der Waals surface area contributed by atoms with Gasteiger partial charge in [0.2, 0.25) is 0 Å². The van der Waals surface area contributed by atoms with E-state index in [0.29, 0.717) is 5.92 Å². The standard InChI is InChI=1S/C16H15N.ClH/c1-12-9-14(10-13-5-4-8-17-11-13)16-7-3-2-6-15(12)16;/h2-8,10-12H,9H2,1H3;1H/b14-10+;. The van der Waals surface area contributed by atoms with Crippen LogP contribution in [-0.2, 0) is 0 Å². The Balaban J connectivity index is 0.00000120. The summed E-state index contributed by atoms with van der Waals surface area (Å²) in [5.41, 5.74) is 5.50. The van der Waals surface area contributed by atoms with E-state index in [1.807, 2.05) is 18.5 Å². The molecule has 2 heteroatoms. The lowest BCUT2D eigenvalue weighted by molar-refractivity contribution is 0.829. The van der Waals surface area contributed by atoms with Gasteiger partial charge in [0, 0.05) is 12.4 Å². The van der Waals surface area contributed by atoms with E-state index < -0.39 is 0 Å². The van der Waals surface area contributed by atoms with Crippen LogP contribution in [0.15, 0.2) is 48.8 Å². The highest BCUT2D eigenvalue weighted by Gasteiger charge is 2.21. The van der Waals surface area contributed by atoms with Crippen molar-refractivity contribution in [3.8, 4) is 0 Å². The average Bonchev–Trinajstić information content (AvgIpc) is 2.69. The van der Waals surface area contributed by atoms with Gasteiger partial charge < -0.3 is 0 Å². The quantitative estimate of drug-likeness (QED) is 0.730. The van der Waals surface area contributed by atoms with Crippen molar-refractivity contribution >= 4 is 24.1 Å². The molecule has 1 aliphatic carbocycles. The predicted molar refractivity (Wildman–Crippen MR) is 78.8 cm³/mol. The van der Waals surface area contributed by atoms with Crippen LogP contribution >= 0.6 is 12.4 Å². The van der Waals surface area contributed by atoms with Crippen LogP contribution in [0.3, 0.4) is 0 Å². The molecule has 2 aromatic rings. The van der Waals surface area contributed by atoms with Crippen molar-refractivity contribution in [1.29, 1.82) is 0 Å². The highest BCUT2D eigenvalue weighted by atomic mass is 35.5. The zero-order valence-electron chi connectivity index (χ0n) is 10.3. The van der Waals surface area contributed by atoms with Gasteiger partial charge in [-0.3, -0.25) is 4.98 Å². The lowest BCUT2D eigenvalue weighted by atomic mass is 10.0. The van der Waals surface area contributed by atoms with Gasteiger partial charge in [-0.15, -0.1) is 12.4 Å². The van der Waals surface area contributed by atoms with Crippen molar-refractivity contribution in [2.75, 3.05) is 0 Å². The molecule has 1 nitrogen and oxygen atoms in total. The summed E-state index contributed by atoms with van der Waals surface area (Å²) in [6.07, 6.45) is 7.12. The number of aromatic nitrogens is 1. The maximum atomic E-state index is 4.16. The summed E-state index contributed by atoms with van der Waals surface area (Å²) in [7, 11) is 0. The minimum atomic E-state index is 0. The summed E-state index contributed by atoms with van der Waals surface area (Å²) in [5, 5.41) is 0. The van der Waals surface area contributed by atoms with Crippen LogP contribution in [0.25, 0.3) is 11.6 Å². The number of allylic oxidation sites excluding steroid dienone is 1. The van der Waals surface area contributed by atoms with E-state index in [9.17, 15) is 0 Å². The van der Waals surface area contributed by atoms with Gasteiger partial charge in [-0.2, -0.15) is 0 Å². The Hall–Kier alpha value is -1.60. The molecule has 1 aliphatic rings. The minimum absolute atomic E-state index is 0. The van der Waals surface area contributed by atoms with E-state index in [1.165, 1.54) is 22.3 Å². The van der Waals surface area contributed by atoms with E-state index >= 15 is 0 Å². The van der Waals surface area contributed by atoms with Gasteiger partial charge in [0.15, 0.2) is 0 Å². The first-order chi connectivity index (χ1) is 8.34. The summed E-state index contributed by atoms with van der Waals surface area (Å²) < 4.78 is 0. The maximum absolute atomic E-state index is 4.16. The van der Waals surface area contributed by atoms with Crippen molar-refractivity contribution in [1.82, 2.24) is 4.98 Å². The van der Waals surface area contributed by atoms with Crippen LogP contribution in [0.4, 0.5) is 0 Å². The van der Waals surface area contributed by atoms with Gasteiger partial charge in [0.05, 0.1) is 0 Å². The molecule has 18 heavy (non-hydrogen) atoms. The molecule has 0 fully saturated rings. The fourth-order valence-corrected chi connectivity index (χ4v) is 2.57. The Bertz CT molecular complexity index is 560. The molecule has 1 aromatic heterocycles. The molecule has 92 valence electrons. The molecule has 1 aromatic carbocycles. The van der Waals surface area contributed by atoms with Crippen LogP contribution in [0.1, 0.15) is 36.0 Å². The first-order valence-electron chi connectivity index (χ1n) is 6.04. The van der Waals surface area contributed by atoms with Crippen LogP contribution in [0.2, 0.25) is 0 Å². The van der Waals surface area contributed by atoms with E-state index in [2.05, 4.69) is 48.3 Å². The largest absolute Gasteiger partial charge is 0.264 e. The van der Waals surface area contributed by atoms with Crippen molar-refractivity contribution in [2.45, 2.75) is 19.3 Å². The topological polar surface area (TPSA) is 12.9 Å². The molecule has 0 bridgehead atoms. The van der Waals surface area contributed by atoms with Crippen LogP contribution < -0.4 is 0 Å². The second-order valence-corrected chi connectivity index (χ2v) is 4.65. The lowest BCUT2D eigenvalue weighted by Gasteiger charge is -2.01. The Morgan fingerprint density at radius 3 is 2.78 bits per heavy atom. The first-order valence-corrected chi connectivity index (χ1v) is 6.04. The fourth-order valence-electron chi connectivity index (χ4n) is 2.57. The monoisotopic (exact) mass is 257 g/mol. The molecular weight excluding hydrogens is 242 g/mol. The number of halogens is 1. The van der Waals surface area contributed by atoms with Gasteiger partial charge in [0.1, 0.15) is 0 Å². The lowest BCUT2D eigenvalue weighted by Crippen LogP contribution is -1.83. The number of pyridine rings is 1. The summed E-state index contributed by atoms with van der Waals surface area (Å²) in [5.74, 6) is 0.633. The summed E-state index contributed by atoms with van der Waals surface area (Å²) in [4.78, 5) is 4.16. The molecule has 0 radical (unpaired) electrons. The Kier molecular flexibility index (Phi) is 3.83. The van der Waals surface area contributed by atoms with Crippen LogP contribution in [-0.4, -0.2) is 4.98 Å². The number of nitrogens with zero attached hydrogens (tertiary/aromatic N) is 1. The Morgan fingerprint density at radius 2 is 2.00 bits per heavy atom. The smallest absolute Gasteiger partial charge is 0.0340 e. The molecule has 3 rings (SSSR count). The number of benzene rings is 1. The molecule has 0 N–H and O–H groups in total. The molecule has 0 aliphatic heterocycles. The zero-order valence-corrected chi connectivity index (χ0v) is 11.2. The summed E-state index contributed by atoms with van der Waals surface area (Å²) >= 11 is 0. The van der Waals surface area contributed by atoms with E-state index in [-0.39, 0.29) is 12.4 Å².